The average Bonchev–Trinajstić information content (AvgIpc) is 2.66. The van der Waals surface area contributed by atoms with Gasteiger partial charge in [-0.05, 0) is 37.6 Å². The van der Waals surface area contributed by atoms with Crippen LogP contribution in [0.1, 0.15) is 19.4 Å². The van der Waals surface area contributed by atoms with Crippen molar-refractivity contribution >= 4 is 41.4 Å². The third-order valence-corrected chi connectivity index (χ3v) is 4.35. The average molecular weight is 497 g/mol. The monoisotopic (exact) mass is 497 g/mol. The molecule has 1 aliphatic rings. The molecule has 0 radical (unpaired) electrons. The van der Waals surface area contributed by atoms with Crippen molar-refractivity contribution in [2.75, 3.05) is 30.4 Å². The van der Waals surface area contributed by atoms with E-state index in [9.17, 15) is 0 Å². The van der Waals surface area contributed by atoms with Gasteiger partial charge in [0.15, 0.2) is 5.96 Å². The number of benzene rings is 1. The Bertz CT molecular complexity index is 774. The van der Waals surface area contributed by atoms with Gasteiger partial charge in [-0.25, -0.2) is 9.98 Å². The number of anilines is 2. The van der Waals surface area contributed by atoms with E-state index in [4.69, 9.17) is 15.2 Å². The van der Waals surface area contributed by atoms with Gasteiger partial charge < -0.3 is 25.4 Å². The van der Waals surface area contributed by atoms with Crippen molar-refractivity contribution in [1.82, 2.24) is 4.98 Å². The summed E-state index contributed by atoms with van der Waals surface area (Å²) in [7, 11) is 1.62. The standard InChI is InChI=1S/C20H27N5O2.HI/c1-14-12-25(13-15(2)27-14)19-9-8-16(10-22-19)11-23-20(21)24-17-6-4-5-7-18(17)26-3;/h4-10,14-15H,11-13H2,1-3H3,(H3,21,23,24);1H. The van der Waals surface area contributed by atoms with E-state index < -0.39 is 0 Å². The van der Waals surface area contributed by atoms with Crippen LogP contribution in [-0.2, 0) is 11.3 Å². The van der Waals surface area contributed by atoms with Crippen molar-refractivity contribution in [3.63, 3.8) is 0 Å². The number of nitrogens with zero attached hydrogens (tertiary/aromatic N) is 3. The third-order valence-electron chi connectivity index (χ3n) is 4.35. The van der Waals surface area contributed by atoms with Gasteiger partial charge in [0.25, 0.3) is 0 Å². The van der Waals surface area contributed by atoms with Gasteiger partial charge in [-0.15, -0.1) is 24.0 Å². The van der Waals surface area contributed by atoms with Crippen molar-refractivity contribution in [3.05, 3.63) is 48.2 Å². The van der Waals surface area contributed by atoms with E-state index in [2.05, 4.69) is 34.0 Å². The fraction of sp³-hybridized carbons (Fsp3) is 0.400. The minimum atomic E-state index is 0. The highest BCUT2D eigenvalue weighted by Gasteiger charge is 2.22. The molecule has 1 aromatic heterocycles. The minimum absolute atomic E-state index is 0. The Morgan fingerprint density at radius 3 is 2.61 bits per heavy atom. The Kier molecular flexibility index (Phi) is 8.31. The van der Waals surface area contributed by atoms with Gasteiger partial charge in [-0.1, -0.05) is 18.2 Å². The third kappa shape index (κ3) is 5.96. The number of aliphatic imine (C=N–C) groups is 1. The molecule has 0 bridgehead atoms. The van der Waals surface area contributed by atoms with E-state index in [-0.39, 0.29) is 36.2 Å². The lowest BCUT2D eigenvalue weighted by molar-refractivity contribution is -0.00545. The molecule has 1 aliphatic heterocycles. The van der Waals surface area contributed by atoms with Crippen LogP contribution in [0.3, 0.4) is 0 Å². The second-order valence-electron chi connectivity index (χ2n) is 6.71. The number of halogens is 1. The second-order valence-corrected chi connectivity index (χ2v) is 6.71. The summed E-state index contributed by atoms with van der Waals surface area (Å²) in [6, 6.07) is 11.6. The first kappa shape index (κ1) is 22.2. The van der Waals surface area contributed by atoms with Crippen LogP contribution in [0.25, 0.3) is 0 Å². The molecule has 2 atom stereocenters. The van der Waals surface area contributed by atoms with Gasteiger partial charge in [-0.3, -0.25) is 0 Å². The molecule has 152 valence electrons. The summed E-state index contributed by atoms with van der Waals surface area (Å²) in [5.74, 6) is 2.01. The fourth-order valence-corrected chi connectivity index (χ4v) is 3.16. The minimum Gasteiger partial charge on any atom is -0.495 e. The molecule has 0 aliphatic carbocycles. The number of aromatic nitrogens is 1. The van der Waals surface area contributed by atoms with Crippen molar-refractivity contribution < 1.29 is 9.47 Å². The smallest absolute Gasteiger partial charge is 0.193 e. The highest BCUT2D eigenvalue weighted by molar-refractivity contribution is 14.0. The lowest BCUT2D eigenvalue weighted by atomic mass is 10.2. The Hall–Kier alpha value is -2.07. The molecule has 0 amide bonds. The largest absolute Gasteiger partial charge is 0.495 e. The maximum atomic E-state index is 6.00. The number of pyridine rings is 1. The molecule has 3 N–H and O–H groups in total. The summed E-state index contributed by atoms with van der Waals surface area (Å²) >= 11 is 0. The number of ether oxygens (including phenoxy) is 2. The SMILES string of the molecule is COc1ccccc1NC(N)=NCc1ccc(N2CC(C)OC(C)C2)nc1.I. The van der Waals surface area contributed by atoms with E-state index >= 15 is 0 Å². The maximum Gasteiger partial charge on any atom is 0.193 e. The van der Waals surface area contributed by atoms with Crippen LogP contribution in [0.2, 0.25) is 0 Å². The Labute approximate surface area is 183 Å². The normalized spacial score (nSPS) is 19.7. The Balaban J connectivity index is 0.00000280. The van der Waals surface area contributed by atoms with Gasteiger partial charge in [-0.2, -0.15) is 0 Å². The van der Waals surface area contributed by atoms with E-state index in [1.807, 2.05) is 42.6 Å². The molecular weight excluding hydrogens is 469 g/mol. The quantitative estimate of drug-likeness (QED) is 0.375. The Morgan fingerprint density at radius 1 is 1.25 bits per heavy atom. The number of guanidine groups is 1. The molecule has 1 saturated heterocycles. The van der Waals surface area contributed by atoms with Crippen molar-refractivity contribution in [1.29, 1.82) is 0 Å². The summed E-state index contributed by atoms with van der Waals surface area (Å²) in [4.78, 5) is 11.2. The number of nitrogens with two attached hydrogens (primary N) is 1. The van der Waals surface area contributed by atoms with Crippen LogP contribution in [0, 0.1) is 0 Å². The van der Waals surface area contributed by atoms with Crippen LogP contribution in [0.4, 0.5) is 11.5 Å². The molecule has 2 heterocycles. The summed E-state index contributed by atoms with van der Waals surface area (Å²) in [5.41, 5.74) is 7.78. The molecule has 2 aromatic rings. The molecule has 28 heavy (non-hydrogen) atoms. The highest BCUT2D eigenvalue weighted by Crippen LogP contribution is 2.22. The molecule has 1 fully saturated rings. The lowest BCUT2D eigenvalue weighted by Crippen LogP contribution is -2.45. The number of nitrogens with one attached hydrogen (secondary N) is 1. The molecule has 8 heteroatoms. The first-order valence-electron chi connectivity index (χ1n) is 9.10. The molecule has 2 unspecified atom stereocenters. The maximum absolute atomic E-state index is 6.00. The summed E-state index contributed by atoms with van der Waals surface area (Å²) in [5, 5.41) is 3.06. The summed E-state index contributed by atoms with van der Waals surface area (Å²) in [6.07, 6.45) is 2.27. The molecule has 0 saturated carbocycles. The summed E-state index contributed by atoms with van der Waals surface area (Å²) < 4.78 is 11.1. The zero-order valence-electron chi connectivity index (χ0n) is 16.5. The number of morpholine rings is 1. The number of methoxy groups -OCH3 is 1. The number of para-hydroxylation sites is 2. The molecule has 0 spiro atoms. The van der Waals surface area contributed by atoms with E-state index in [1.165, 1.54) is 0 Å². The fourth-order valence-electron chi connectivity index (χ4n) is 3.16. The topological polar surface area (TPSA) is 85.0 Å². The van der Waals surface area contributed by atoms with Crippen LogP contribution in [-0.4, -0.2) is 43.4 Å². The van der Waals surface area contributed by atoms with Crippen molar-refractivity contribution in [3.8, 4) is 5.75 Å². The molecule has 7 nitrogen and oxygen atoms in total. The van der Waals surface area contributed by atoms with Crippen molar-refractivity contribution in [2.45, 2.75) is 32.6 Å². The van der Waals surface area contributed by atoms with Gasteiger partial charge in [0, 0.05) is 19.3 Å². The molecule has 1 aromatic carbocycles. The van der Waals surface area contributed by atoms with Crippen LogP contribution in [0.5, 0.6) is 5.75 Å². The van der Waals surface area contributed by atoms with E-state index in [0.29, 0.717) is 12.5 Å². The summed E-state index contributed by atoms with van der Waals surface area (Å²) in [6.45, 7) is 6.33. The van der Waals surface area contributed by atoms with Gasteiger partial charge in [0.2, 0.25) is 0 Å². The molecule has 3 rings (SSSR count). The van der Waals surface area contributed by atoms with Gasteiger partial charge in [0.1, 0.15) is 11.6 Å². The molecular formula is C20H28IN5O2. The lowest BCUT2D eigenvalue weighted by Gasteiger charge is -2.36. The zero-order valence-corrected chi connectivity index (χ0v) is 18.8. The van der Waals surface area contributed by atoms with Gasteiger partial charge in [0.05, 0.1) is 31.5 Å². The first-order valence-corrected chi connectivity index (χ1v) is 9.10. The first-order chi connectivity index (χ1) is 13.0. The van der Waals surface area contributed by atoms with E-state index in [0.717, 1.165) is 35.9 Å². The van der Waals surface area contributed by atoms with Gasteiger partial charge >= 0.3 is 0 Å². The second kappa shape index (κ2) is 10.5. The van der Waals surface area contributed by atoms with Crippen LogP contribution in [0.15, 0.2) is 47.6 Å². The highest BCUT2D eigenvalue weighted by atomic mass is 127. The van der Waals surface area contributed by atoms with Crippen LogP contribution < -0.4 is 20.7 Å². The number of hydrogen-bond acceptors (Lipinski definition) is 5. The predicted molar refractivity (Wildman–Crippen MR) is 124 cm³/mol. The number of rotatable bonds is 5. The van der Waals surface area contributed by atoms with Crippen molar-refractivity contribution in [2.24, 2.45) is 10.7 Å². The predicted octanol–water partition coefficient (Wildman–Crippen LogP) is 3.25. The zero-order chi connectivity index (χ0) is 19.2. The van der Waals surface area contributed by atoms with E-state index in [1.54, 1.807) is 7.11 Å². The van der Waals surface area contributed by atoms with Crippen LogP contribution >= 0.6 is 24.0 Å². The number of hydrogen-bond donors (Lipinski definition) is 2. The Morgan fingerprint density at radius 2 is 1.96 bits per heavy atom.